The molecule has 164 valence electrons. The van der Waals surface area contributed by atoms with Crippen molar-refractivity contribution < 1.29 is 14.6 Å². The number of hydrogen-bond donors (Lipinski definition) is 3. The summed E-state index contributed by atoms with van der Waals surface area (Å²) in [5.41, 5.74) is 3.85. The largest absolute Gasteiger partial charge is 0.497 e. The Morgan fingerprint density at radius 3 is 2.65 bits per heavy atom. The quantitative estimate of drug-likeness (QED) is 0.540. The van der Waals surface area contributed by atoms with Gasteiger partial charge in [-0.25, -0.2) is 9.48 Å². The molecule has 2 heterocycles. The molecule has 0 bridgehead atoms. The topological polar surface area (TPSA) is 101 Å². The van der Waals surface area contributed by atoms with Gasteiger partial charge in [0.15, 0.2) is 0 Å². The van der Waals surface area contributed by atoms with Crippen LogP contribution in [-0.2, 0) is 18.4 Å². The minimum atomic E-state index is -0.340. The summed E-state index contributed by atoms with van der Waals surface area (Å²) in [7, 11) is 1.63. The Labute approximate surface area is 182 Å². The zero-order valence-electron chi connectivity index (χ0n) is 18.3. The van der Waals surface area contributed by atoms with E-state index in [4.69, 9.17) is 14.9 Å². The van der Waals surface area contributed by atoms with Crippen molar-refractivity contribution >= 4 is 11.7 Å². The third-order valence-electron chi connectivity index (χ3n) is 4.73. The van der Waals surface area contributed by atoms with Crippen LogP contribution in [0.3, 0.4) is 0 Å². The highest BCUT2D eigenvalue weighted by Gasteiger charge is 2.21. The molecule has 0 saturated heterocycles. The van der Waals surface area contributed by atoms with E-state index in [0.29, 0.717) is 18.7 Å². The minimum Gasteiger partial charge on any atom is -0.497 e. The number of amides is 2. The Morgan fingerprint density at radius 1 is 1.19 bits per heavy atom. The van der Waals surface area contributed by atoms with Crippen molar-refractivity contribution in [1.29, 1.82) is 0 Å². The summed E-state index contributed by atoms with van der Waals surface area (Å²) in [6.45, 7) is 6.63. The number of nitrogens with one attached hydrogen (secondary N) is 2. The Bertz CT molecular complexity index is 1020. The van der Waals surface area contributed by atoms with Crippen LogP contribution in [-0.4, -0.2) is 39.6 Å². The Balaban J connectivity index is 1.75. The summed E-state index contributed by atoms with van der Waals surface area (Å²) in [6, 6.07) is 12.8. The van der Waals surface area contributed by atoms with Crippen molar-refractivity contribution in [3.05, 3.63) is 65.7 Å². The normalized spacial score (nSPS) is 11.3. The number of benzene rings is 1. The molecule has 0 fully saturated rings. The van der Waals surface area contributed by atoms with Crippen molar-refractivity contribution in [2.24, 2.45) is 0 Å². The third kappa shape index (κ3) is 5.82. The molecule has 0 aliphatic carbocycles. The zero-order chi connectivity index (χ0) is 22.4. The Hall–Kier alpha value is -3.39. The number of aliphatic hydroxyl groups excluding tert-OH is 1. The van der Waals surface area contributed by atoms with Gasteiger partial charge < -0.3 is 20.5 Å². The summed E-state index contributed by atoms with van der Waals surface area (Å²) in [4.78, 5) is 16.6. The molecule has 3 N–H and O–H groups in total. The van der Waals surface area contributed by atoms with Crippen LogP contribution in [0, 0.1) is 0 Å². The Morgan fingerprint density at radius 2 is 2.00 bits per heavy atom. The fourth-order valence-corrected chi connectivity index (χ4v) is 2.98. The fourth-order valence-electron chi connectivity index (χ4n) is 2.98. The number of rotatable bonds is 7. The highest BCUT2D eigenvalue weighted by atomic mass is 16.5. The number of urea groups is 1. The van der Waals surface area contributed by atoms with E-state index in [1.165, 1.54) is 0 Å². The highest BCUT2D eigenvalue weighted by Crippen LogP contribution is 2.25. The molecule has 0 aliphatic heterocycles. The lowest BCUT2D eigenvalue weighted by Gasteiger charge is -2.14. The number of aromatic nitrogens is 3. The van der Waals surface area contributed by atoms with E-state index in [1.54, 1.807) is 25.4 Å². The summed E-state index contributed by atoms with van der Waals surface area (Å²) >= 11 is 0. The smallest absolute Gasteiger partial charge is 0.319 e. The minimum absolute atomic E-state index is 0.0395. The maximum absolute atomic E-state index is 12.4. The predicted molar refractivity (Wildman–Crippen MR) is 120 cm³/mol. The number of methoxy groups -OCH3 is 1. The van der Waals surface area contributed by atoms with Crippen molar-refractivity contribution in [3.8, 4) is 11.4 Å². The van der Waals surface area contributed by atoms with Gasteiger partial charge in [0.25, 0.3) is 0 Å². The van der Waals surface area contributed by atoms with Crippen LogP contribution >= 0.6 is 0 Å². The second-order valence-corrected chi connectivity index (χ2v) is 8.20. The van der Waals surface area contributed by atoms with Crippen molar-refractivity contribution in [2.75, 3.05) is 19.0 Å². The van der Waals surface area contributed by atoms with Gasteiger partial charge in [-0.2, -0.15) is 5.10 Å². The molecule has 0 atom stereocenters. The number of anilines is 1. The van der Waals surface area contributed by atoms with Gasteiger partial charge in [0.05, 0.1) is 42.6 Å². The lowest BCUT2D eigenvalue weighted by molar-refractivity contribution is 0.251. The van der Waals surface area contributed by atoms with Gasteiger partial charge in [-0.1, -0.05) is 26.8 Å². The molecule has 31 heavy (non-hydrogen) atoms. The number of hydrogen-bond acceptors (Lipinski definition) is 5. The summed E-state index contributed by atoms with van der Waals surface area (Å²) in [6.07, 6.45) is 2.06. The first-order valence-electron chi connectivity index (χ1n) is 10.1. The van der Waals surface area contributed by atoms with E-state index in [1.807, 2.05) is 35.0 Å². The van der Waals surface area contributed by atoms with E-state index in [9.17, 15) is 4.79 Å². The van der Waals surface area contributed by atoms with Crippen molar-refractivity contribution in [1.82, 2.24) is 20.1 Å². The number of carbonyl (C=O) groups is 1. The van der Waals surface area contributed by atoms with Crippen LogP contribution in [0.2, 0.25) is 0 Å². The van der Waals surface area contributed by atoms with Crippen LogP contribution in [0.5, 0.6) is 5.75 Å². The maximum Gasteiger partial charge on any atom is 0.319 e. The highest BCUT2D eigenvalue weighted by molar-refractivity contribution is 5.88. The van der Waals surface area contributed by atoms with Gasteiger partial charge in [-0.05, 0) is 30.3 Å². The third-order valence-corrected chi connectivity index (χ3v) is 4.73. The molecular weight excluding hydrogens is 394 g/mol. The first-order valence-corrected chi connectivity index (χ1v) is 10.1. The van der Waals surface area contributed by atoms with E-state index in [2.05, 4.69) is 36.4 Å². The maximum atomic E-state index is 12.4. The summed E-state index contributed by atoms with van der Waals surface area (Å²) in [5.74, 6) is 0.735. The molecular formula is C23H29N5O3. The van der Waals surface area contributed by atoms with E-state index < -0.39 is 0 Å². The SMILES string of the molecule is COc1cccc(-n2nc(C(C)(C)C)cc2CNC(=O)Nc2ccc(CCO)nc2)c1. The van der Waals surface area contributed by atoms with Crippen LogP contribution in [0.25, 0.3) is 5.69 Å². The lowest BCUT2D eigenvalue weighted by Crippen LogP contribution is -2.29. The van der Waals surface area contributed by atoms with Crippen LogP contribution < -0.4 is 15.4 Å². The van der Waals surface area contributed by atoms with Crippen molar-refractivity contribution in [2.45, 2.75) is 39.2 Å². The van der Waals surface area contributed by atoms with E-state index in [0.717, 1.165) is 28.5 Å². The number of nitrogens with zero attached hydrogens (tertiary/aromatic N) is 3. The van der Waals surface area contributed by atoms with Crippen molar-refractivity contribution in [3.63, 3.8) is 0 Å². The Kier molecular flexibility index (Phi) is 6.91. The van der Waals surface area contributed by atoms with Gasteiger partial charge in [0.1, 0.15) is 5.75 Å². The number of carbonyl (C=O) groups excluding carboxylic acids is 1. The molecule has 0 saturated carbocycles. The molecule has 0 radical (unpaired) electrons. The first-order chi connectivity index (χ1) is 14.8. The lowest BCUT2D eigenvalue weighted by atomic mass is 9.92. The van der Waals surface area contributed by atoms with Gasteiger partial charge in [0.2, 0.25) is 0 Å². The molecule has 8 heteroatoms. The fraction of sp³-hybridized carbons (Fsp3) is 0.348. The van der Waals surface area contributed by atoms with Crippen LogP contribution in [0.15, 0.2) is 48.7 Å². The summed E-state index contributed by atoms with van der Waals surface area (Å²) in [5, 5.41) is 19.4. The molecule has 2 amide bonds. The molecule has 2 aromatic heterocycles. The molecule has 8 nitrogen and oxygen atoms in total. The van der Waals surface area contributed by atoms with Gasteiger partial charge in [-0.3, -0.25) is 4.98 Å². The molecule has 0 aliphatic rings. The first kappa shape index (κ1) is 22.3. The average molecular weight is 424 g/mol. The molecule has 0 spiro atoms. The molecule has 0 unspecified atom stereocenters. The van der Waals surface area contributed by atoms with Gasteiger partial charge in [-0.15, -0.1) is 0 Å². The van der Waals surface area contributed by atoms with Gasteiger partial charge >= 0.3 is 6.03 Å². The van der Waals surface area contributed by atoms with Crippen LogP contribution in [0.1, 0.15) is 37.9 Å². The van der Waals surface area contributed by atoms with E-state index >= 15 is 0 Å². The summed E-state index contributed by atoms with van der Waals surface area (Å²) < 4.78 is 7.17. The number of aliphatic hydroxyl groups is 1. The average Bonchev–Trinajstić information content (AvgIpc) is 3.19. The monoisotopic (exact) mass is 423 g/mol. The number of pyridine rings is 1. The van der Waals surface area contributed by atoms with Crippen LogP contribution in [0.4, 0.5) is 10.5 Å². The predicted octanol–water partition coefficient (Wildman–Crippen LogP) is 3.43. The second-order valence-electron chi connectivity index (χ2n) is 8.20. The number of ether oxygens (including phenoxy) is 1. The second kappa shape index (κ2) is 9.61. The molecule has 3 rings (SSSR count). The molecule has 3 aromatic rings. The molecule has 1 aromatic carbocycles. The van der Waals surface area contributed by atoms with Gasteiger partial charge in [0, 0.05) is 30.2 Å². The van der Waals surface area contributed by atoms with E-state index in [-0.39, 0.29) is 18.1 Å². The zero-order valence-corrected chi connectivity index (χ0v) is 18.3. The standard InChI is InChI=1S/C23H29N5O3/c1-23(2,3)21-13-19(28(27-21)18-6-5-7-20(12-18)31-4)15-25-22(30)26-17-9-8-16(10-11-29)24-14-17/h5-9,12-14,29H,10-11,15H2,1-4H3,(H2,25,26,30).